The molecule has 9 heteroatoms. The highest BCUT2D eigenvalue weighted by Crippen LogP contribution is 2.28. The molecule has 0 radical (unpaired) electrons. The van der Waals surface area contributed by atoms with Gasteiger partial charge >= 0.3 is 0 Å². The lowest BCUT2D eigenvalue weighted by Gasteiger charge is -2.23. The molecule has 2 aromatic carbocycles. The maximum Gasteiger partial charge on any atom is 0.229 e. The normalized spacial score (nSPS) is 13.7. The molecule has 186 valence electrons. The number of nitrogens with one attached hydrogen (secondary N) is 3. The third kappa shape index (κ3) is 6.88. The predicted octanol–water partition coefficient (Wildman–Crippen LogP) is 4.87. The maximum absolute atomic E-state index is 5.42. The van der Waals surface area contributed by atoms with Crippen LogP contribution in [-0.2, 0) is 13.1 Å². The number of nitrogens with zero attached hydrogens (tertiary/aromatic N) is 3. The van der Waals surface area contributed by atoms with Crippen molar-refractivity contribution in [2.24, 2.45) is 0 Å². The number of anilines is 3. The van der Waals surface area contributed by atoms with Gasteiger partial charge in [0.05, 0.1) is 21.3 Å². The largest absolute Gasteiger partial charge is 0.497 e. The standard InChI is InChI=1S/C26H34N6O3/c1-33-21-11-7-8-18(14-21)16-27-24-30-25(32-26(31-24)29-20-9-5-4-6-10-20)28-17-19-12-13-22(34-2)23(15-19)35-3/h7-8,11-15,20H,4-6,9-10,16-17H2,1-3H3,(H3,27,28,29,30,31,32). The Morgan fingerprint density at radius 1 is 0.714 bits per heavy atom. The van der Waals surface area contributed by atoms with E-state index in [1.165, 1.54) is 19.3 Å². The van der Waals surface area contributed by atoms with Crippen LogP contribution in [0.4, 0.5) is 17.8 Å². The van der Waals surface area contributed by atoms with Crippen LogP contribution in [0.25, 0.3) is 0 Å². The summed E-state index contributed by atoms with van der Waals surface area (Å²) in [5.41, 5.74) is 2.10. The van der Waals surface area contributed by atoms with Gasteiger partial charge in [-0.15, -0.1) is 0 Å². The Bertz CT molecular complexity index is 1100. The molecule has 0 atom stereocenters. The Balaban J connectivity index is 1.49. The topological polar surface area (TPSA) is 102 Å². The summed E-state index contributed by atoms with van der Waals surface area (Å²) < 4.78 is 16.1. The van der Waals surface area contributed by atoms with Crippen molar-refractivity contribution in [3.8, 4) is 17.2 Å². The SMILES string of the molecule is COc1cccc(CNc2nc(NCc3ccc(OC)c(OC)c3)nc(NC3CCCCC3)n2)c1. The van der Waals surface area contributed by atoms with E-state index in [-0.39, 0.29) is 0 Å². The van der Waals surface area contributed by atoms with Crippen LogP contribution >= 0.6 is 0 Å². The lowest BCUT2D eigenvalue weighted by Crippen LogP contribution is -2.24. The minimum Gasteiger partial charge on any atom is -0.497 e. The third-order valence-corrected chi connectivity index (χ3v) is 6.06. The quantitative estimate of drug-likeness (QED) is 0.356. The maximum atomic E-state index is 5.42. The lowest BCUT2D eigenvalue weighted by atomic mass is 9.96. The van der Waals surface area contributed by atoms with Gasteiger partial charge in [0.25, 0.3) is 0 Å². The van der Waals surface area contributed by atoms with Crippen LogP contribution in [0, 0.1) is 0 Å². The van der Waals surface area contributed by atoms with Crippen molar-refractivity contribution >= 4 is 17.8 Å². The molecule has 0 unspecified atom stereocenters. The third-order valence-electron chi connectivity index (χ3n) is 6.06. The molecule has 1 fully saturated rings. The fourth-order valence-corrected chi connectivity index (χ4v) is 4.16. The Morgan fingerprint density at radius 2 is 1.37 bits per heavy atom. The van der Waals surface area contributed by atoms with Crippen LogP contribution in [0.15, 0.2) is 42.5 Å². The first-order chi connectivity index (χ1) is 17.2. The molecule has 1 heterocycles. The summed E-state index contributed by atoms with van der Waals surface area (Å²) in [5, 5.41) is 10.2. The smallest absolute Gasteiger partial charge is 0.229 e. The highest BCUT2D eigenvalue weighted by molar-refractivity contribution is 5.46. The molecule has 4 rings (SSSR count). The van der Waals surface area contributed by atoms with Gasteiger partial charge in [0, 0.05) is 19.1 Å². The van der Waals surface area contributed by atoms with E-state index in [1.54, 1.807) is 21.3 Å². The average molecular weight is 479 g/mol. The summed E-state index contributed by atoms with van der Waals surface area (Å²) in [4.78, 5) is 13.9. The van der Waals surface area contributed by atoms with Gasteiger partial charge in [-0.2, -0.15) is 15.0 Å². The second kappa shape index (κ2) is 12.1. The number of benzene rings is 2. The second-order valence-corrected chi connectivity index (χ2v) is 8.53. The Hall–Kier alpha value is -3.75. The van der Waals surface area contributed by atoms with Crippen molar-refractivity contribution < 1.29 is 14.2 Å². The van der Waals surface area contributed by atoms with Gasteiger partial charge in [0.1, 0.15) is 5.75 Å². The summed E-state index contributed by atoms with van der Waals surface area (Å²) in [5.74, 6) is 3.78. The van der Waals surface area contributed by atoms with E-state index in [1.807, 2.05) is 42.5 Å². The second-order valence-electron chi connectivity index (χ2n) is 8.53. The van der Waals surface area contributed by atoms with Crippen LogP contribution < -0.4 is 30.2 Å². The minimum atomic E-state index is 0.385. The van der Waals surface area contributed by atoms with Crippen molar-refractivity contribution in [3.63, 3.8) is 0 Å². The summed E-state index contributed by atoms with van der Waals surface area (Å²) in [6, 6.07) is 14.1. The molecule has 0 amide bonds. The van der Waals surface area contributed by atoms with Gasteiger partial charge in [-0.25, -0.2) is 0 Å². The van der Waals surface area contributed by atoms with Gasteiger partial charge in [-0.05, 0) is 48.2 Å². The monoisotopic (exact) mass is 478 g/mol. The van der Waals surface area contributed by atoms with Crippen molar-refractivity contribution in [1.29, 1.82) is 0 Å². The number of rotatable bonds is 11. The zero-order valence-corrected chi connectivity index (χ0v) is 20.6. The first-order valence-corrected chi connectivity index (χ1v) is 12.0. The zero-order chi connectivity index (χ0) is 24.5. The summed E-state index contributed by atoms with van der Waals surface area (Å²) in [7, 11) is 4.92. The van der Waals surface area contributed by atoms with Crippen molar-refractivity contribution in [2.75, 3.05) is 37.3 Å². The molecule has 0 aliphatic heterocycles. The molecule has 3 N–H and O–H groups in total. The van der Waals surface area contributed by atoms with Crippen molar-refractivity contribution in [2.45, 2.75) is 51.2 Å². The number of ether oxygens (including phenoxy) is 3. The molecular formula is C26H34N6O3. The van der Waals surface area contributed by atoms with E-state index in [9.17, 15) is 0 Å². The Labute approximate surface area is 206 Å². The summed E-state index contributed by atoms with van der Waals surface area (Å²) >= 11 is 0. The molecule has 1 aliphatic carbocycles. The van der Waals surface area contributed by atoms with E-state index < -0.39 is 0 Å². The van der Waals surface area contributed by atoms with Crippen molar-refractivity contribution in [1.82, 2.24) is 15.0 Å². The van der Waals surface area contributed by atoms with Gasteiger partial charge in [-0.1, -0.05) is 37.5 Å². The van der Waals surface area contributed by atoms with Gasteiger partial charge in [-0.3, -0.25) is 0 Å². The highest BCUT2D eigenvalue weighted by Gasteiger charge is 2.16. The van der Waals surface area contributed by atoms with Crippen LogP contribution in [0.3, 0.4) is 0 Å². The van der Waals surface area contributed by atoms with Crippen LogP contribution in [0.2, 0.25) is 0 Å². The molecule has 3 aromatic rings. The molecule has 0 bridgehead atoms. The fourth-order valence-electron chi connectivity index (χ4n) is 4.16. The average Bonchev–Trinajstić information content (AvgIpc) is 2.91. The number of hydrogen-bond donors (Lipinski definition) is 3. The molecule has 0 saturated heterocycles. The van der Waals surface area contributed by atoms with E-state index in [0.29, 0.717) is 48.5 Å². The molecule has 1 aromatic heterocycles. The summed E-state index contributed by atoms with van der Waals surface area (Å²) in [6.07, 6.45) is 6.02. The number of hydrogen-bond acceptors (Lipinski definition) is 9. The minimum absolute atomic E-state index is 0.385. The molecule has 0 spiro atoms. The van der Waals surface area contributed by atoms with Crippen LogP contribution in [0.5, 0.6) is 17.2 Å². The van der Waals surface area contributed by atoms with Gasteiger partial charge in [0.2, 0.25) is 17.8 Å². The lowest BCUT2D eigenvalue weighted by molar-refractivity contribution is 0.354. The van der Waals surface area contributed by atoms with Gasteiger partial charge in [0.15, 0.2) is 11.5 Å². The van der Waals surface area contributed by atoms with E-state index in [0.717, 1.165) is 29.7 Å². The number of methoxy groups -OCH3 is 3. The highest BCUT2D eigenvalue weighted by atomic mass is 16.5. The molecule has 1 aliphatic rings. The van der Waals surface area contributed by atoms with Crippen LogP contribution in [0.1, 0.15) is 43.2 Å². The van der Waals surface area contributed by atoms with E-state index in [2.05, 4.69) is 30.9 Å². The fraction of sp³-hybridized carbons (Fsp3) is 0.423. The number of aromatic nitrogens is 3. The van der Waals surface area contributed by atoms with E-state index >= 15 is 0 Å². The molecular weight excluding hydrogens is 444 g/mol. The Kier molecular flexibility index (Phi) is 8.43. The molecule has 9 nitrogen and oxygen atoms in total. The molecule has 1 saturated carbocycles. The molecule has 35 heavy (non-hydrogen) atoms. The predicted molar refractivity (Wildman–Crippen MR) is 138 cm³/mol. The van der Waals surface area contributed by atoms with Crippen molar-refractivity contribution in [3.05, 3.63) is 53.6 Å². The first-order valence-electron chi connectivity index (χ1n) is 12.0. The van der Waals surface area contributed by atoms with E-state index in [4.69, 9.17) is 14.2 Å². The Morgan fingerprint density at radius 3 is 2.03 bits per heavy atom. The zero-order valence-electron chi connectivity index (χ0n) is 20.6. The first kappa shape index (κ1) is 24.4. The summed E-state index contributed by atoms with van der Waals surface area (Å²) in [6.45, 7) is 1.10. The van der Waals surface area contributed by atoms with Gasteiger partial charge < -0.3 is 30.2 Å². The van der Waals surface area contributed by atoms with Crippen LogP contribution in [-0.4, -0.2) is 42.3 Å².